The third-order valence-corrected chi connectivity index (χ3v) is 6.14. The van der Waals surface area contributed by atoms with Crippen LogP contribution in [0.25, 0.3) is 0 Å². The Morgan fingerprint density at radius 2 is 1.71 bits per heavy atom. The summed E-state index contributed by atoms with van der Waals surface area (Å²) in [4.78, 5) is 24.2. The van der Waals surface area contributed by atoms with E-state index in [0.29, 0.717) is 10.6 Å². The second-order valence-corrected chi connectivity index (χ2v) is 8.71. The van der Waals surface area contributed by atoms with E-state index in [9.17, 15) is 4.79 Å². The van der Waals surface area contributed by atoms with Crippen molar-refractivity contribution in [3.63, 3.8) is 0 Å². The number of fused-ring (bicyclic) bond motifs is 2. The Hall–Kier alpha value is -1.70. The average Bonchev–Trinajstić information content (AvgIpc) is 2.69. The highest BCUT2D eigenvalue weighted by atomic mass is 79.9. The van der Waals surface area contributed by atoms with Crippen molar-refractivity contribution in [1.82, 2.24) is 0 Å². The Morgan fingerprint density at radius 1 is 1.04 bits per heavy atom. The first kappa shape index (κ1) is 18.3. The molecule has 2 aromatic rings. The molecule has 4 heterocycles. The van der Waals surface area contributed by atoms with Gasteiger partial charge in [0.05, 0.1) is 12.0 Å². The van der Waals surface area contributed by atoms with Gasteiger partial charge in [-0.25, -0.2) is 9.68 Å². The van der Waals surface area contributed by atoms with E-state index in [1.165, 1.54) is 0 Å². The van der Waals surface area contributed by atoms with Gasteiger partial charge in [-0.1, -0.05) is 51.8 Å². The first-order valence-electron chi connectivity index (χ1n) is 8.88. The summed E-state index contributed by atoms with van der Waals surface area (Å²) in [6.07, 6.45) is 1.11. The van der Waals surface area contributed by atoms with Crippen LogP contribution in [0.3, 0.4) is 0 Å². The first-order chi connectivity index (χ1) is 13.4. The smallest absolute Gasteiger partial charge is 0.340 e. The molecule has 2 unspecified atom stereocenters. The van der Waals surface area contributed by atoms with Crippen molar-refractivity contribution in [1.29, 1.82) is 0 Å². The van der Waals surface area contributed by atoms with Crippen molar-refractivity contribution in [2.45, 2.75) is 36.9 Å². The van der Waals surface area contributed by atoms with Gasteiger partial charge in [0.25, 0.3) is 0 Å². The molecule has 2 fully saturated rings. The zero-order chi connectivity index (χ0) is 19.5. The van der Waals surface area contributed by atoms with E-state index in [0.717, 1.165) is 15.6 Å². The molecule has 0 aliphatic carbocycles. The Kier molecular flexibility index (Phi) is 4.19. The van der Waals surface area contributed by atoms with Crippen LogP contribution in [0.2, 0.25) is 5.02 Å². The van der Waals surface area contributed by atoms with Crippen molar-refractivity contribution in [3.05, 3.63) is 80.8 Å². The minimum Gasteiger partial charge on any atom is -0.454 e. The van der Waals surface area contributed by atoms with Crippen LogP contribution in [-0.4, -0.2) is 17.4 Å². The third-order valence-electron chi connectivity index (χ3n) is 5.36. The summed E-state index contributed by atoms with van der Waals surface area (Å²) in [7, 11) is 0. The molecule has 2 aromatic carbocycles. The van der Waals surface area contributed by atoms with Crippen LogP contribution >= 0.6 is 27.5 Å². The van der Waals surface area contributed by atoms with Crippen molar-refractivity contribution >= 4 is 33.5 Å². The van der Waals surface area contributed by atoms with Gasteiger partial charge in [0.2, 0.25) is 5.79 Å². The van der Waals surface area contributed by atoms with E-state index < -0.39 is 29.6 Å². The maximum Gasteiger partial charge on any atom is 0.340 e. The summed E-state index contributed by atoms with van der Waals surface area (Å²) in [5.41, 5.74) is 1.17. The highest BCUT2D eigenvalue weighted by Gasteiger charge is 2.62. The lowest BCUT2D eigenvalue weighted by molar-refractivity contribution is -0.523. The second-order valence-electron chi connectivity index (χ2n) is 7.36. The van der Waals surface area contributed by atoms with Gasteiger partial charge in [-0.3, -0.25) is 0 Å². The first-order valence-corrected chi connectivity index (χ1v) is 10.1. The van der Waals surface area contributed by atoms with Crippen molar-refractivity contribution in [2.24, 2.45) is 0 Å². The number of benzene rings is 2. The molecule has 5 nitrogen and oxygen atoms in total. The molecular formula is C21H16BrClO5. The summed E-state index contributed by atoms with van der Waals surface area (Å²) in [6.45, 7) is 1.83. The molecular weight excluding hydrogens is 448 g/mol. The van der Waals surface area contributed by atoms with E-state index in [2.05, 4.69) is 15.9 Å². The third kappa shape index (κ3) is 2.83. The number of cyclic esters (lactones) is 1. The fourth-order valence-electron chi connectivity index (χ4n) is 3.92. The lowest BCUT2D eigenvalue weighted by atomic mass is 9.81. The van der Waals surface area contributed by atoms with Gasteiger partial charge >= 0.3 is 5.97 Å². The molecule has 4 atom stereocenters. The van der Waals surface area contributed by atoms with Gasteiger partial charge in [-0.2, -0.15) is 4.89 Å². The van der Waals surface area contributed by atoms with E-state index >= 15 is 0 Å². The Morgan fingerprint density at radius 3 is 2.43 bits per heavy atom. The molecule has 28 heavy (non-hydrogen) atoms. The minimum absolute atomic E-state index is 0.287. The molecule has 2 saturated heterocycles. The fraction of sp³-hybridized carbons (Fsp3) is 0.286. The van der Waals surface area contributed by atoms with Crippen LogP contribution in [0.15, 0.2) is 64.7 Å². The number of rotatable bonds is 2. The molecule has 0 amide bonds. The van der Waals surface area contributed by atoms with E-state index in [1.54, 1.807) is 18.2 Å². The van der Waals surface area contributed by atoms with E-state index in [-0.39, 0.29) is 6.42 Å². The number of esters is 1. The molecule has 7 heteroatoms. The van der Waals surface area contributed by atoms with Gasteiger partial charge in [0.15, 0.2) is 5.60 Å². The van der Waals surface area contributed by atoms with Crippen LogP contribution in [0.4, 0.5) is 0 Å². The van der Waals surface area contributed by atoms with Gasteiger partial charge in [-0.15, -0.1) is 0 Å². The number of carbonyl (C=O) groups is 1. The summed E-state index contributed by atoms with van der Waals surface area (Å²) >= 11 is 9.42. The Bertz CT molecular complexity index is 973. The summed E-state index contributed by atoms with van der Waals surface area (Å²) < 4.78 is 13.0. The highest BCUT2D eigenvalue weighted by molar-refractivity contribution is 9.10. The molecule has 4 aliphatic heterocycles. The largest absolute Gasteiger partial charge is 0.454 e. The molecule has 1 spiro atoms. The standard InChI is InChI=1S/C21H16BrClO5/c1-20-10-16-19(24)25-17(12-4-8-15(23)9-5-12)11-21(16,28-27-20)26-18(20)13-2-6-14(22)7-3-13/h2-10,17-18H,11H2,1H3/t17?,18?,20-,21+/m1/s1. The van der Waals surface area contributed by atoms with E-state index in [1.807, 2.05) is 43.3 Å². The predicted molar refractivity (Wildman–Crippen MR) is 104 cm³/mol. The Labute approximate surface area is 175 Å². The van der Waals surface area contributed by atoms with Gasteiger partial charge in [0.1, 0.15) is 12.2 Å². The lowest BCUT2D eigenvalue weighted by Gasteiger charge is -2.54. The lowest BCUT2D eigenvalue weighted by Crippen LogP contribution is -2.61. The normalized spacial score (nSPS) is 33.8. The summed E-state index contributed by atoms with van der Waals surface area (Å²) in [5, 5.41) is 0.613. The molecule has 0 radical (unpaired) electrons. The minimum atomic E-state index is -1.31. The average molecular weight is 464 g/mol. The molecule has 4 aliphatic rings. The van der Waals surface area contributed by atoms with Crippen LogP contribution < -0.4 is 0 Å². The molecule has 6 rings (SSSR count). The van der Waals surface area contributed by atoms with Crippen LogP contribution in [0, 0.1) is 0 Å². The van der Waals surface area contributed by atoms with Crippen molar-refractivity contribution in [3.8, 4) is 0 Å². The SMILES string of the molecule is C[C@]12C=C3C(=O)OC(c4ccc(Cl)cc4)C[C@@]3(OO1)OC2c1ccc(Br)cc1. The van der Waals surface area contributed by atoms with Crippen molar-refractivity contribution in [2.75, 3.05) is 0 Å². The molecule has 2 bridgehead atoms. The molecule has 0 saturated carbocycles. The highest BCUT2D eigenvalue weighted by Crippen LogP contribution is 2.55. The maximum absolute atomic E-state index is 12.8. The fourth-order valence-corrected chi connectivity index (χ4v) is 4.31. The van der Waals surface area contributed by atoms with Gasteiger partial charge in [-0.05, 0) is 48.4 Å². The Balaban J connectivity index is 1.53. The zero-order valence-corrected chi connectivity index (χ0v) is 17.2. The monoisotopic (exact) mass is 462 g/mol. The second kappa shape index (κ2) is 6.40. The van der Waals surface area contributed by atoms with Gasteiger partial charge in [0, 0.05) is 9.50 Å². The van der Waals surface area contributed by atoms with Crippen molar-refractivity contribution < 1.29 is 24.0 Å². The van der Waals surface area contributed by atoms with Crippen LogP contribution in [-0.2, 0) is 24.0 Å². The van der Waals surface area contributed by atoms with Crippen LogP contribution in [0.5, 0.6) is 0 Å². The molecule has 0 aromatic heterocycles. The maximum atomic E-state index is 12.8. The number of ether oxygens (including phenoxy) is 2. The molecule has 0 N–H and O–H groups in total. The van der Waals surface area contributed by atoms with Crippen LogP contribution in [0.1, 0.15) is 36.7 Å². The number of carbonyl (C=O) groups excluding carboxylic acids is 1. The number of hydrogen-bond acceptors (Lipinski definition) is 5. The van der Waals surface area contributed by atoms with Gasteiger partial charge < -0.3 is 9.47 Å². The predicted octanol–water partition coefficient (Wildman–Crippen LogP) is 5.21. The summed E-state index contributed by atoms with van der Waals surface area (Å²) in [5.74, 6) is -1.77. The molecule has 144 valence electrons. The number of halogens is 2. The summed E-state index contributed by atoms with van der Waals surface area (Å²) in [6, 6.07) is 15.0. The number of hydrogen-bond donors (Lipinski definition) is 0. The topological polar surface area (TPSA) is 54.0 Å². The quantitative estimate of drug-likeness (QED) is 0.452. The van der Waals surface area contributed by atoms with E-state index in [4.69, 9.17) is 30.8 Å². The zero-order valence-electron chi connectivity index (χ0n) is 14.9.